The normalized spacial score (nSPS) is 14.3. The van der Waals surface area contributed by atoms with E-state index in [1.807, 2.05) is 51.1 Å². The maximum Gasteiger partial charge on any atom is 0.410 e. The number of hydrogen-bond acceptors (Lipinski definition) is 9. The molecule has 0 unspecified atom stereocenters. The zero-order valence-corrected chi connectivity index (χ0v) is 26.1. The number of aryl methyl sites for hydroxylation is 1. The molecule has 0 aliphatic carbocycles. The van der Waals surface area contributed by atoms with Crippen molar-refractivity contribution in [2.45, 2.75) is 50.9 Å². The second kappa shape index (κ2) is 12.5. The largest absolute Gasteiger partial charge is 0.455 e. The molecule has 11 nitrogen and oxygen atoms in total. The van der Waals surface area contributed by atoms with E-state index in [4.69, 9.17) is 9.15 Å². The number of fused-ring (bicyclic) bond motifs is 1. The topological polar surface area (TPSA) is 137 Å². The van der Waals surface area contributed by atoms with Crippen LogP contribution in [0.1, 0.15) is 43.9 Å². The first-order valence-corrected chi connectivity index (χ1v) is 15.9. The molecule has 0 atom stereocenters. The molecule has 4 aromatic rings. The van der Waals surface area contributed by atoms with Crippen LogP contribution in [0, 0.1) is 6.92 Å². The van der Waals surface area contributed by atoms with E-state index >= 15 is 0 Å². The highest BCUT2D eigenvalue weighted by molar-refractivity contribution is 7.92. The number of piperazine rings is 1. The minimum atomic E-state index is -4.06. The lowest BCUT2D eigenvalue weighted by atomic mass is 10.1. The third-order valence-corrected chi connectivity index (χ3v) is 9.31. The van der Waals surface area contributed by atoms with Crippen LogP contribution in [0.15, 0.2) is 76.2 Å². The minimum Gasteiger partial charge on any atom is -0.455 e. The van der Waals surface area contributed by atoms with E-state index in [9.17, 15) is 23.4 Å². The van der Waals surface area contributed by atoms with Crippen molar-refractivity contribution in [1.29, 1.82) is 0 Å². The molecule has 0 radical (unpaired) electrons. The number of rotatable bonds is 8. The second-order valence-corrected chi connectivity index (χ2v) is 13.6. The number of carbonyl (C=O) groups is 1. The first-order chi connectivity index (χ1) is 20.8. The Balaban J connectivity index is 1.39. The Morgan fingerprint density at radius 2 is 1.75 bits per heavy atom. The molecule has 234 valence electrons. The fourth-order valence-corrected chi connectivity index (χ4v) is 6.65. The Bertz CT molecular complexity index is 1710. The summed E-state index contributed by atoms with van der Waals surface area (Å²) in [7, 11) is -4.06. The van der Waals surface area contributed by atoms with Gasteiger partial charge in [0, 0.05) is 43.7 Å². The fourth-order valence-electron chi connectivity index (χ4n) is 5.17. The summed E-state index contributed by atoms with van der Waals surface area (Å²) in [4.78, 5) is 20.8. The Labute approximate surface area is 257 Å². The predicted octanol–water partition coefficient (Wildman–Crippen LogP) is 4.61. The molecular weight excluding hydrogens is 584 g/mol. The fraction of sp³-hybridized carbons (Fsp3) is 0.375. The molecule has 5 rings (SSSR count). The van der Waals surface area contributed by atoms with Gasteiger partial charge in [-0.05, 0) is 70.0 Å². The molecule has 2 aromatic carbocycles. The predicted molar refractivity (Wildman–Crippen MR) is 167 cm³/mol. The van der Waals surface area contributed by atoms with Crippen molar-refractivity contribution in [2.75, 3.05) is 41.9 Å². The molecule has 1 saturated heterocycles. The first kappa shape index (κ1) is 31.3. The van der Waals surface area contributed by atoms with Crippen molar-refractivity contribution in [3.63, 3.8) is 0 Å². The van der Waals surface area contributed by atoms with Crippen LogP contribution in [0.5, 0.6) is 0 Å². The van der Waals surface area contributed by atoms with Crippen molar-refractivity contribution < 1.29 is 32.6 Å². The maximum absolute atomic E-state index is 14.1. The summed E-state index contributed by atoms with van der Waals surface area (Å²) >= 11 is 0. The summed E-state index contributed by atoms with van der Waals surface area (Å²) in [6, 6.07) is 17.6. The molecule has 0 spiro atoms. The van der Waals surface area contributed by atoms with E-state index in [-0.39, 0.29) is 23.3 Å². The first-order valence-electron chi connectivity index (χ1n) is 14.5. The lowest BCUT2D eigenvalue weighted by Gasteiger charge is -2.36. The number of anilines is 2. The lowest BCUT2D eigenvalue weighted by molar-refractivity contribution is -0.0576. The Morgan fingerprint density at radius 3 is 2.36 bits per heavy atom. The van der Waals surface area contributed by atoms with Gasteiger partial charge >= 0.3 is 6.09 Å². The zero-order valence-electron chi connectivity index (χ0n) is 25.3. The van der Waals surface area contributed by atoms with Gasteiger partial charge in [0.1, 0.15) is 17.0 Å². The summed E-state index contributed by atoms with van der Waals surface area (Å²) in [6.45, 7) is 9.45. The van der Waals surface area contributed by atoms with Crippen molar-refractivity contribution in [1.82, 2.24) is 9.88 Å². The summed E-state index contributed by atoms with van der Waals surface area (Å²) in [5.74, 6) is 0.658. The van der Waals surface area contributed by atoms with Gasteiger partial charge in [-0.3, -0.25) is 4.31 Å². The number of aromatic nitrogens is 1. The third-order valence-electron chi connectivity index (χ3n) is 7.49. The van der Waals surface area contributed by atoms with Gasteiger partial charge < -0.3 is 29.2 Å². The number of furan rings is 1. The summed E-state index contributed by atoms with van der Waals surface area (Å²) < 4.78 is 40.7. The van der Waals surface area contributed by atoms with E-state index in [0.717, 1.165) is 5.56 Å². The van der Waals surface area contributed by atoms with Crippen LogP contribution in [0.2, 0.25) is 0 Å². The zero-order chi connectivity index (χ0) is 31.6. The van der Waals surface area contributed by atoms with E-state index in [0.29, 0.717) is 60.6 Å². The number of aliphatic hydroxyl groups excluding tert-OH is 1. The van der Waals surface area contributed by atoms with Crippen molar-refractivity contribution >= 4 is 38.6 Å². The molecule has 0 bridgehead atoms. The molecule has 2 N–H and O–H groups in total. The molecule has 1 amide bonds. The average molecular weight is 623 g/mol. The standard InChI is InChI=1S/C32H38N4O7S/c1-22-26-20-25(11-12-27(26)42-29(22)30(37)38)44(40,41)36(15-14-23-8-6-5-7-9-23)24-10-13-28(33-21-24)34-16-18-35(19-17-34)31(39)43-32(2,3)4/h5-13,20-21,30,37-38H,14-19H2,1-4H3. The molecule has 0 saturated carbocycles. The van der Waals surface area contributed by atoms with E-state index in [1.165, 1.54) is 22.5 Å². The number of ether oxygens (including phenoxy) is 1. The molecule has 1 fully saturated rings. The molecule has 1 aliphatic heterocycles. The second-order valence-electron chi connectivity index (χ2n) is 11.8. The number of nitrogens with zero attached hydrogens (tertiary/aromatic N) is 4. The Hall–Kier alpha value is -4.13. The molecule has 1 aliphatic rings. The van der Waals surface area contributed by atoms with Gasteiger partial charge in [0.15, 0.2) is 5.76 Å². The van der Waals surface area contributed by atoms with Crippen LogP contribution >= 0.6 is 0 Å². The summed E-state index contributed by atoms with van der Waals surface area (Å²) in [6.07, 6.45) is -0.121. The number of benzene rings is 2. The number of pyridine rings is 1. The number of sulfonamides is 1. The van der Waals surface area contributed by atoms with Gasteiger partial charge in [-0.1, -0.05) is 30.3 Å². The van der Waals surface area contributed by atoms with Crippen molar-refractivity contribution in [2.24, 2.45) is 0 Å². The van der Waals surface area contributed by atoms with E-state index in [1.54, 1.807) is 30.2 Å². The van der Waals surface area contributed by atoms with Crippen LogP contribution in [-0.4, -0.2) is 72.9 Å². The number of hydrogen-bond donors (Lipinski definition) is 2. The smallest absolute Gasteiger partial charge is 0.410 e. The monoisotopic (exact) mass is 622 g/mol. The SMILES string of the molecule is Cc1c(C(O)O)oc2ccc(S(=O)(=O)N(CCc3ccccc3)c3ccc(N4CCN(C(=O)OC(C)(C)C)CC4)nc3)cc12. The van der Waals surface area contributed by atoms with Crippen LogP contribution in [0.3, 0.4) is 0 Å². The number of carbonyl (C=O) groups excluding carboxylic acids is 1. The minimum absolute atomic E-state index is 0.0257. The number of amides is 1. The summed E-state index contributed by atoms with van der Waals surface area (Å²) in [5, 5.41) is 19.8. The molecule has 44 heavy (non-hydrogen) atoms. The third kappa shape index (κ3) is 6.82. The van der Waals surface area contributed by atoms with Gasteiger partial charge in [0.05, 0.1) is 16.8 Å². The molecule has 3 heterocycles. The van der Waals surface area contributed by atoms with Crippen LogP contribution in [-0.2, 0) is 21.2 Å². The summed E-state index contributed by atoms with van der Waals surface area (Å²) in [5.41, 5.74) is 1.65. The molecule has 2 aromatic heterocycles. The van der Waals surface area contributed by atoms with Crippen LogP contribution in [0.25, 0.3) is 11.0 Å². The van der Waals surface area contributed by atoms with Gasteiger partial charge in [0.2, 0.25) is 6.29 Å². The maximum atomic E-state index is 14.1. The van der Waals surface area contributed by atoms with E-state index < -0.39 is 21.9 Å². The van der Waals surface area contributed by atoms with Gasteiger partial charge in [-0.2, -0.15) is 0 Å². The van der Waals surface area contributed by atoms with Gasteiger partial charge in [-0.15, -0.1) is 0 Å². The van der Waals surface area contributed by atoms with Crippen LogP contribution in [0.4, 0.5) is 16.3 Å². The molecular formula is C32H38N4O7S. The van der Waals surface area contributed by atoms with Crippen molar-refractivity contribution in [3.8, 4) is 0 Å². The Kier molecular flexibility index (Phi) is 8.87. The average Bonchev–Trinajstić information content (AvgIpc) is 3.33. The van der Waals surface area contributed by atoms with Crippen LogP contribution < -0.4 is 9.21 Å². The van der Waals surface area contributed by atoms with Crippen molar-refractivity contribution in [3.05, 3.63) is 83.7 Å². The quantitative estimate of drug-likeness (QED) is 0.270. The van der Waals surface area contributed by atoms with Gasteiger partial charge in [-0.25, -0.2) is 18.2 Å². The van der Waals surface area contributed by atoms with E-state index in [2.05, 4.69) is 9.88 Å². The highest BCUT2D eigenvalue weighted by atomic mass is 32.2. The Morgan fingerprint density at radius 1 is 1.05 bits per heavy atom. The molecule has 12 heteroatoms. The van der Waals surface area contributed by atoms with Gasteiger partial charge in [0.25, 0.3) is 10.0 Å². The number of aliphatic hydroxyl groups is 2. The highest BCUT2D eigenvalue weighted by Gasteiger charge is 2.29. The lowest BCUT2D eigenvalue weighted by Crippen LogP contribution is -2.50. The highest BCUT2D eigenvalue weighted by Crippen LogP contribution is 2.33.